The summed E-state index contributed by atoms with van der Waals surface area (Å²) in [6, 6.07) is 21.4. The minimum Gasteiger partial charge on any atom is -0.285 e. The number of aliphatic imine (C=N–C) groups is 1. The number of nitrogens with zero attached hydrogens (tertiary/aromatic N) is 4. The minimum absolute atomic E-state index is 0.420. The quantitative estimate of drug-likeness (QED) is 0.166. The molecule has 0 spiro atoms. The third-order valence-corrected chi connectivity index (χ3v) is 8.62. The fraction of sp³-hybridized carbons (Fsp3) is 0.282. The first-order chi connectivity index (χ1) is 20.9. The molecule has 5 rings (SSSR count). The Bertz CT molecular complexity index is 1800. The SMILES string of the molecule is Cc1cc(C)c(CN=C(CN=c2n(-c3c(C)cc(C)cc3C)ccn2-c2c(C)cc(C)cc2C)c2ccc(Cl)cc2)c(C)c1. The molecule has 0 aliphatic carbocycles. The highest BCUT2D eigenvalue weighted by Crippen LogP contribution is 2.24. The minimum atomic E-state index is 0.420. The summed E-state index contributed by atoms with van der Waals surface area (Å²) in [5, 5.41) is 0.706. The Kier molecular flexibility index (Phi) is 9.12. The van der Waals surface area contributed by atoms with Gasteiger partial charge in [0, 0.05) is 17.4 Å². The fourth-order valence-electron chi connectivity index (χ4n) is 6.64. The second-order valence-electron chi connectivity index (χ2n) is 12.3. The zero-order chi connectivity index (χ0) is 31.7. The van der Waals surface area contributed by atoms with Gasteiger partial charge in [-0.2, -0.15) is 0 Å². The zero-order valence-corrected chi connectivity index (χ0v) is 28.3. The molecule has 0 amide bonds. The topological polar surface area (TPSA) is 34.6 Å². The number of hydrogen-bond donors (Lipinski definition) is 0. The van der Waals surface area contributed by atoms with Gasteiger partial charge in [-0.1, -0.05) is 76.8 Å². The van der Waals surface area contributed by atoms with E-state index in [1.54, 1.807) is 0 Å². The van der Waals surface area contributed by atoms with E-state index in [0.29, 0.717) is 18.1 Å². The first kappa shape index (κ1) is 31.3. The van der Waals surface area contributed by atoms with E-state index in [9.17, 15) is 0 Å². The van der Waals surface area contributed by atoms with Crippen molar-refractivity contribution in [1.82, 2.24) is 9.13 Å². The standard InChI is InChI=1S/C39H43ClN4/c1-24-16-27(4)35(28(5)17-24)22-41-36(33-10-12-34(40)13-11-33)23-42-39-43(37-29(6)18-25(2)19-30(37)7)14-15-44(39)38-31(8)20-26(3)21-32(38)9/h10-21H,22-23H2,1-9H3. The molecule has 0 aliphatic heterocycles. The van der Waals surface area contributed by atoms with E-state index in [0.717, 1.165) is 28.3 Å². The van der Waals surface area contributed by atoms with Crippen molar-refractivity contribution in [3.63, 3.8) is 0 Å². The lowest BCUT2D eigenvalue weighted by Gasteiger charge is -2.16. The second-order valence-corrected chi connectivity index (χ2v) is 12.7. The number of aryl methyl sites for hydroxylation is 9. The lowest BCUT2D eigenvalue weighted by atomic mass is 10.00. The van der Waals surface area contributed by atoms with E-state index in [4.69, 9.17) is 21.6 Å². The number of halogens is 1. The van der Waals surface area contributed by atoms with Crippen molar-refractivity contribution >= 4 is 17.3 Å². The number of aromatic nitrogens is 2. The normalized spacial score (nSPS) is 11.7. The van der Waals surface area contributed by atoms with Crippen molar-refractivity contribution in [2.75, 3.05) is 6.54 Å². The van der Waals surface area contributed by atoms with Gasteiger partial charge in [-0.3, -0.25) is 14.1 Å². The summed E-state index contributed by atoms with van der Waals surface area (Å²) < 4.78 is 4.47. The average Bonchev–Trinajstić information content (AvgIpc) is 3.31. The predicted molar refractivity (Wildman–Crippen MR) is 186 cm³/mol. The number of benzene rings is 4. The Morgan fingerprint density at radius 1 is 0.591 bits per heavy atom. The van der Waals surface area contributed by atoms with E-state index in [2.05, 4.69) is 120 Å². The number of imidazole rings is 1. The summed E-state index contributed by atoms with van der Waals surface area (Å²) in [5.41, 5.74) is 17.6. The summed E-state index contributed by atoms with van der Waals surface area (Å²) in [4.78, 5) is 10.6. The third kappa shape index (κ3) is 6.51. The highest BCUT2D eigenvalue weighted by atomic mass is 35.5. The van der Waals surface area contributed by atoms with Crippen LogP contribution in [0.1, 0.15) is 61.2 Å². The molecule has 0 atom stereocenters. The first-order valence-corrected chi connectivity index (χ1v) is 15.6. The van der Waals surface area contributed by atoms with Gasteiger partial charge in [0.15, 0.2) is 0 Å². The van der Waals surface area contributed by atoms with Gasteiger partial charge in [-0.05, 0) is 119 Å². The van der Waals surface area contributed by atoms with Gasteiger partial charge in [0.05, 0.1) is 30.2 Å². The van der Waals surface area contributed by atoms with Gasteiger partial charge in [0.2, 0.25) is 5.62 Å². The Hall–Kier alpha value is -4.15. The molecule has 4 aromatic carbocycles. The van der Waals surface area contributed by atoms with Crippen molar-refractivity contribution in [2.45, 2.75) is 68.9 Å². The maximum absolute atomic E-state index is 6.29. The largest absolute Gasteiger partial charge is 0.285 e. The van der Waals surface area contributed by atoms with E-state index < -0.39 is 0 Å². The van der Waals surface area contributed by atoms with E-state index >= 15 is 0 Å². The molecule has 5 aromatic rings. The summed E-state index contributed by atoms with van der Waals surface area (Å²) in [5.74, 6) is 0. The maximum Gasteiger partial charge on any atom is 0.214 e. The van der Waals surface area contributed by atoms with Gasteiger partial charge >= 0.3 is 0 Å². The molecule has 0 fully saturated rings. The molecule has 5 heteroatoms. The van der Waals surface area contributed by atoms with Gasteiger partial charge in [-0.25, -0.2) is 4.99 Å². The molecular weight excluding hydrogens is 560 g/mol. The van der Waals surface area contributed by atoms with Crippen molar-refractivity contribution in [3.8, 4) is 11.4 Å². The van der Waals surface area contributed by atoms with Crippen molar-refractivity contribution < 1.29 is 0 Å². The molecule has 1 heterocycles. The Balaban J connectivity index is 1.71. The smallest absolute Gasteiger partial charge is 0.214 e. The molecule has 0 saturated heterocycles. The molecule has 44 heavy (non-hydrogen) atoms. The predicted octanol–water partition coefficient (Wildman–Crippen LogP) is 9.29. The van der Waals surface area contributed by atoms with Crippen molar-refractivity contribution in [2.24, 2.45) is 9.98 Å². The van der Waals surface area contributed by atoms with Crippen LogP contribution >= 0.6 is 11.6 Å². The number of rotatable bonds is 7. The Labute approximate surface area is 267 Å². The van der Waals surface area contributed by atoms with Crippen molar-refractivity contribution in [1.29, 1.82) is 0 Å². The molecule has 4 nitrogen and oxygen atoms in total. The van der Waals surface area contributed by atoms with Gasteiger partial charge in [-0.15, -0.1) is 0 Å². The molecule has 0 bridgehead atoms. The zero-order valence-electron chi connectivity index (χ0n) is 27.5. The molecule has 0 aliphatic rings. The second kappa shape index (κ2) is 12.8. The van der Waals surface area contributed by atoms with E-state index in [-0.39, 0.29) is 0 Å². The first-order valence-electron chi connectivity index (χ1n) is 15.3. The summed E-state index contributed by atoms with van der Waals surface area (Å²) >= 11 is 6.29. The molecule has 226 valence electrons. The summed E-state index contributed by atoms with van der Waals surface area (Å²) in [7, 11) is 0. The lowest BCUT2D eigenvalue weighted by Crippen LogP contribution is -2.27. The number of hydrogen-bond acceptors (Lipinski definition) is 2. The van der Waals surface area contributed by atoms with Crippen LogP contribution in [0.3, 0.4) is 0 Å². The van der Waals surface area contributed by atoms with Crippen LogP contribution in [0.25, 0.3) is 11.4 Å². The molecule has 0 radical (unpaired) electrons. The van der Waals surface area contributed by atoms with Crippen LogP contribution in [0.4, 0.5) is 0 Å². The van der Waals surface area contributed by atoms with Crippen molar-refractivity contribution in [3.05, 3.63) is 145 Å². The van der Waals surface area contributed by atoms with Gasteiger partial charge < -0.3 is 0 Å². The molecule has 0 N–H and O–H groups in total. The molecule has 0 unspecified atom stereocenters. The summed E-state index contributed by atoms with van der Waals surface area (Å²) in [6.07, 6.45) is 4.28. The lowest BCUT2D eigenvalue weighted by molar-refractivity contribution is 0.827. The van der Waals surface area contributed by atoms with Crippen LogP contribution in [-0.2, 0) is 6.54 Å². The van der Waals surface area contributed by atoms with Crippen LogP contribution in [0.5, 0.6) is 0 Å². The molecular formula is C39H43ClN4. The van der Waals surface area contributed by atoms with E-state index in [1.807, 2.05) is 24.3 Å². The molecule has 1 aromatic heterocycles. The molecule has 0 saturated carbocycles. The average molecular weight is 603 g/mol. The van der Waals surface area contributed by atoms with Crippen LogP contribution in [-0.4, -0.2) is 21.4 Å². The van der Waals surface area contributed by atoms with Crippen LogP contribution in [0.15, 0.2) is 83.0 Å². The monoisotopic (exact) mass is 602 g/mol. The third-order valence-electron chi connectivity index (χ3n) is 8.36. The van der Waals surface area contributed by atoms with Crippen LogP contribution < -0.4 is 5.62 Å². The Morgan fingerprint density at radius 3 is 1.43 bits per heavy atom. The highest BCUT2D eigenvalue weighted by Gasteiger charge is 2.15. The maximum atomic E-state index is 6.29. The summed E-state index contributed by atoms with van der Waals surface area (Å²) in [6.45, 7) is 20.5. The van der Waals surface area contributed by atoms with Crippen LogP contribution in [0, 0.1) is 62.3 Å². The van der Waals surface area contributed by atoms with E-state index in [1.165, 1.54) is 55.6 Å². The highest BCUT2D eigenvalue weighted by molar-refractivity contribution is 6.30. The van der Waals surface area contributed by atoms with Crippen LogP contribution in [0.2, 0.25) is 5.02 Å². The van der Waals surface area contributed by atoms with Gasteiger partial charge in [0.25, 0.3) is 0 Å². The van der Waals surface area contributed by atoms with Gasteiger partial charge in [0.1, 0.15) is 0 Å². The Morgan fingerprint density at radius 2 is 1.00 bits per heavy atom. The fourth-order valence-corrected chi connectivity index (χ4v) is 6.77.